The van der Waals surface area contributed by atoms with Gasteiger partial charge in [0.25, 0.3) is 0 Å². The molecule has 74 valence electrons. The molecule has 2 aromatic heterocycles. The fourth-order valence-electron chi connectivity index (χ4n) is 1.61. The summed E-state index contributed by atoms with van der Waals surface area (Å²) in [6.45, 7) is 1.97. The largest absolute Gasteiger partial charge is 0.482 e. The van der Waals surface area contributed by atoms with Crippen LogP contribution in [0.4, 0.5) is 0 Å². The number of methoxy groups -OCH3 is 1. The molecule has 0 spiro atoms. The summed E-state index contributed by atoms with van der Waals surface area (Å²) in [5, 5.41) is 0.761. The number of hydrogen-bond acceptors (Lipinski definition) is 2. The van der Waals surface area contributed by atoms with Crippen molar-refractivity contribution in [2.75, 3.05) is 7.11 Å². The lowest BCUT2D eigenvalue weighted by molar-refractivity contribution is 0.391. The topological polar surface area (TPSA) is 26.5 Å². The number of hydrogen-bond donors (Lipinski definition) is 0. The zero-order valence-corrected chi connectivity index (χ0v) is 9.71. The van der Waals surface area contributed by atoms with Gasteiger partial charge in [-0.2, -0.15) is 0 Å². The van der Waals surface area contributed by atoms with E-state index in [4.69, 9.17) is 4.74 Å². The molecule has 2 aromatic rings. The first-order valence-electron chi connectivity index (χ1n) is 4.35. The van der Waals surface area contributed by atoms with E-state index < -0.39 is 0 Å². The van der Waals surface area contributed by atoms with E-state index in [1.165, 1.54) is 0 Å². The van der Waals surface area contributed by atoms with Crippen molar-refractivity contribution in [3.8, 4) is 5.88 Å². The predicted octanol–water partition coefficient (Wildman–Crippen LogP) is 2.55. The Kier molecular flexibility index (Phi) is 2.46. The van der Waals surface area contributed by atoms with Crippen LogP contribution in [0.2, 0.25) is 0 Å². The lowest BCUT2D eigenvalue weighted by atomic mass is 10.3. The van der Waals surface area contributed by atoms with Gasteiger partial charge in [0, 0.05) is 5.33 Å². The maximum absolute atomic E-state index is 5.27. The van der Waals surface area contributed by atoms with Crippen molar-refractivity contribution in [3.63, 3.8) is 0 Å². The summed E-state index contributed by atoms with van der Waals surface area (Å²) in [4.78, 5) is 4.45. The highest BCUT2D eigenvalue weighted by atomic mass is 79.9. The highest BCUT2D eigenvalue weighted by Crippen LogP contribution is 2.21. The fourth-order valence-corrected chi connectivity index (χ4v) is 2.02. The Hall–Kier alpha value is -1.03. The molecule has 2 heterocycles. The minimum Gasteiger partial charge on any atom is -0.482 e. The average Bonchev–Trinajstić information content (AvgIpc) is 2.55. The van der Waals surface area contributed by atoms with Gasteiger partial charge in [0.1, 0.15) is 5.82 Å². The Balaban J connectivity index is 2.81. The van der Waals surface area contributed by atoms with Crippen LogP contribution in [0, 0.1) is 6.92 Å². The quantitative estimate of drug-likeness (QED) is 0.771. The van der Waals surface area contributed by atoms with Gasteiger partial charge in [-0.3, -0.25) is 4.40 Å². The lowest BCUT2D eigenvalue weighted by Gasteiger charge is -2.04. The van der Waals surface area contributed by atoms with Crippen LogP contribution in [-0.2, 0) is 5.33 Å². The highest BCUT2D eigenvalue weighted by molar-refractivity contribution is 9.08. The second kappa shape index (κ2) is 3.61. The Morgan fingerprint density at radius 1 is 1.50 bits per heavy atom. The third kappa shape index (κ3) is 1.30. The maximum atomic E-state index is 5.27. The second-order valence-electron chi connectivity index (χ2n) is 3.03. The Labute approximate surface area is 90.8 Å². The van der Waals surface area contributed by atoms with E-state index in [9.17, 15) is 0 Å². The van der Waals surface area contributed by atoms with Crippen LogP contribution in [0.25, 0.3) is 5.52 Å². The Morgan fingerprint density at radius 3 is 2.93 bits per heavy atom. The summed E-state index contributed by atoms with van der Waals surface area (Å²) < 4.78 is 7.28. The Bertz CT molecular complexity index is 464. The van der Waals surface area contributed by atoms with Crippen LogP contribution < -0.4 is 4.74 Å². The number of alkyl halides is 1. The van der Waals surface area contributed by atoms with Crippen molar-refractivity contribution in [2.45, 2.75) is 12.3 Å². The summed E-state index contributed by atoms with van der Waals surface area (Å²) in [5.74, 6) is 1.77. The van der Waals surface area contributed by atoms with Crippen molar-refractivity contribution in [3.05, 3.63) is 29.7 Å². The van der Waals surface area contributed by atoms with Crippen LogP contribution >= 0.6 is 15.9 Å². The molecule has 2 rings (SSSR count). The van der Waals surface area contributed by atoms with Crippen LogP contribution in [0.15, 0.2) is 18.2 Å². The van der Waals surface area contributed by atoms with E-state index in [1.54, 1.807) is 7.11 Å². The van der Waals surface area contributed by atoms with E-state index in [0.29, 0.717) is 0 Å². The van der Waals surface area contributed by atoms with Gasteiger partial charge in [-0.05, 0) is 19.1 Å². The first-order valence-corrected chi connectivity index (χ1v) is 5.47. The number of nitrogens with zero attached hydrogens (tertiary/aromatic N) is 2. The lowest BCUT2D eigenvalue weighted by Crippen LogP contribution is -1.95. The second-order valence-corrected chi connectivity index (χ2v) is 3.59. The molecule has 0 fully saturated rings. The molecule has 14 heavy (non-hydrogen) atoms. The number of rotatable bonds is 2. The van der Waals surface area contributed by atoms with Crippen LogP contribution in [0.3, 0.4) is 0 Å². The molecule has 3 nitrogen and oxygen atoms in total. The van der Waals surface area contributed by atoms with E-state index >= 15 is 0 Å². The molecule has 0 saturated carbocycles. The molecule has 4 heteroatoms. The molecule has 0 aliphatic rings. The normalized spacial score (nSPS) is 10.8. The van der Waals surface area contributed by atoms with Crippen LogP contribution in [0.1, 0.15) is 11.5 Å². The molecule has 0 aliphatic carbocycles. The number of imidazole rings is 1. The number of fused-ring (bicyclic) bond motifs is 1. The minimum atomic E-state index is 0.761. The average molecular weight is 255 g/mol. The van der Waals surface area contributed by atoms with Gasteiger partial charge in [-0.1, -0.05) is 22.0 Å². The van der Waals surface area contributed by atoms with Gasteiger partial charge in [-0.15, -0.1) is 0 Å². The minimum absolute atomic E-state index is 0.761. The first kappa shape index (κ1) is 9.52. The van der Waals surface area contributed by atoms with E-state index in [-0.39, 0.29) is 0 Å². The SMILES string of the molecule is COc1cccc2c(CBr)nc(C)n12. The highest BCUT2D eigenvalue weighted by Gasteiger charge is 2.09. The zero-order valence-electron chi connectivity index (χ0n) is 8.12. The molecule has 0 unspecified atom stereocenters. The molecule has 0 radical (unpaired) electrons. The number of aromatic nitrogens is 2. The van der Waals surface area contributed by atoms with Crippen molar-refractivity contribution < 1.29 is 4.74 Å². The van der Waals surface area contributed by atoms with Crippen molar-refractivity contribution in [1.82, 2.24) is 9.38 Å². The summed E-state index contributed by atoms with van der Waals surface area (Å²) in [6.07, 6.45) is 0. The van der Waals surface area contributed by atoms with Crippen molar-refractivity contribution in [2.24, 2.45) is 0 Å². The maximum Gasteiger partial charge on any atom is 0.199 e. The first-order chi connectivity index (χ1) is 6.77. The van der Waals surface area contributed by atoms with Gasteiger partial charge < -0.3 is 4.74 Å². The third-order valence-corrected chi connectivity index (χ3v) is 2.74. The van der Waals surface area contributed by atoms with Crippen molar-refractivity contribution in [1.29, 1.82) is 0 Å². The zero-order chi connectivity index (χ0) is 10.1. The van der Waals surface area contributed by atoms with Gasteiger partial charge in [0.15, 0.2) is 5.88 Å². The fraction of sp³-hybridized carbons (Fsp3) is 0.300. The molecule has 0 bridgehead atoms. The van der Waals surface area contributed by atoms with E-state index in [2.05, 4.69) is 20.9 Å². The molecular weight excluding hydrogens is 244 g/mol. The molecule has 0 saturated heterocycles. The van der Waals surface area contributed by atoms with Gasteiger partial charge >= 0.3 is 0 Å². The third-order valence-electron chi connectivity index (χ3n) is 2.21. The smallest absolute Gasteiger partial charge is 0.199 e. The van der Waals surface area contributed by atoms with Gasteiger partial charge in [0.2, 0.25) is 0 Å². The van der Waals surface area contributed by atoms with Crippen LogP contribution in [-0.4, -0.2) is 16.5 Å². The van der Waals surface area contributed by atoms with Crippen molar-refractivity contribution >= 4 is 21.4 Å². The van der Waals surface area contributed by atoms with E-state index in [1.807, 2.05) is 29.5 Å². The van der Waals surface area contributed by atoms with E-state index in [0.717, 1.165) is 28.2 Å². The summed E-state index contributed by atoms with van der Waals surface area (Å²) in [7, 11) is 1.67. The summed E-state index contributed by atoms with van der Waals surface area (Å²) in [6, 6.07) is 5.94. The molecule has 0 N–H and O–H groups in total. The molecule has 0 aliphatic heterocycles. The summed E-state index contributed by atoms with van der Waals surface area (Å²) >= 11 is 3.42. The molecule has 0 aromatic carbocycles. The Morgan fingerprint density at radius 2 is 2.29 bits per heavy atom. The predicted molar refractivity (Wildman–Crippen MR) is 59.1 cm³/mol. The molecule has 0 atom stereocenters. The van der Waals surface area contributed by atoms with Gasteiger partial charge in [-0.25, -0.2) is 4.98 Å². The number of aryl methyl sites for hydroxylation is 1. The standard InChI is InChI=1S/C10H11BrN2O/c1-7-12-8(6-11)9-4-3-5-10(14-2)13(7)9/h3-5H,6H2,1-2H3. The van der Waals surface area contributed by atoms with Gasteiger partial charge in [0.05, 0.1) is 18.3 Å². The number of pyridine rings is 1. The molecular formula is C10H11BrN2O. The number of ether oxygens (including phenoxy) is 1. The number of halogens is 1. The summed E-state index contributed by atoms with van der Waals surface area (Å²) in [5.41, 5.74) is 2.14. The van der Waals surface area contributed by atoms with Crippen LogP contribution in [0.5, 0.6) is 5.88 Å². The monoisotopic (exact) mass is 254 g/mol. The molecule has 0 amide bonds.